The van der Waals surface area contributed by atoms with E-state index >= 15 is 0 Å². The molecule has 2 aromatic heterocycles. The van der Waals surface area contributed by atoms with E-state index in [1.54, 1.807) is 0 Å². The Morgan fingerprint density at radius 3 is 2.92 bits per heavy atom. The van der Waals surface area contributed by atoms with Gasteiger partial charge in [-0.15, -0.1) is 17.9 Å². The second kappa shape index (κ2) is 6.36. The number of nitrogens with zero attached hydrogens (tertiary/aromatic N) is 4. The van der Waals surface area contributed by atoms with Crippen molar-refractivity contribution in [3.8, 4) is 27.8 Å². The van der Waals surface area contributed by atoms with Crippen LogP contribution < -0.4 is 4.74 Å². The summed E-state index contributed by atoms with van der Waals surface area (Å²) in [5.74, 6) is 0.743. The number of ether oxygens (including phenoxy) is 1. The summed E-state index contributed by atoms with van der Waals surface area (Å²) in [6.07, 6.45) is -2.68. The number of hydrogen-bond donors (Lipinski definition) is 0. The predicted molar refractivity (Wildman–Crippen MR) is 89.8 cm³/mol. The minimum absolute atomic E-state index is 0.102. The smallest absolute Gasteiger partial charge is 0.408 e. The van der Waals surface area contributed by atoms with Gasteiger partial charge in [0.15, 0.2) is 10.8 Å². The Balaban J connectivity index is 1.77. The van der Waals surface area contributed by atoms with Gasteiger partial charge in [0.25, 0.3) is 0 Å². The lowest BCUT2D eigenvalue weighted by Gasteiger charge is -2.10. The SMILES string of the molecule is [NH-]Cc1ccc2c(c1)OCCc1sc(-c3ncnn3CC(F)(F)F)nc1-2. The highest BCUT2D eigenvalue weighted by molar-refractivity contribution is 7.15. The molecular weight excluding hydrogens is 367 g/mol. The molecule has 26 heavy (non-hydrogen) atoms. The number of benzene rings is 1. The van der Waals surface area contributed by atoms with Crippen molar-refractivity contribution in [3.63, 3.8) is 0 Å². The largest absolute Gasteiger partial charge is 0.674 e. The third kappa shape index (κ3) is 3.17. The molecule has 0 bridgehead atoms. The maximum Gasteiger partial charge on any atom is 0.408 e. The molecule has 0 saturated heterocycles. The molecule has 0 unspecified atom stereocenters. The van der Waals surface area contributed by atoms with Gasteiger partial charge in [-0.3, -0.25) is 0 Å². The summed E-state index contributed by atoms with van der Waals surface area (Å²) < 4.78 is 44.8. The zero-order valence-electron chi connectivity index (χ0n) is 13.4. The molecule has 0 atom stereocenters. The van der Waals surface area contributed by atoms with Crippen LogP contribution in [0.1, 0.15) is 10.4 Å². The van der Waals surface area contributed by atoms with Crippen LogP contribution in [-0.4, -0.2) is 32.5 Å². The second-order valence-corrected chi connectivity index (χ2v) is 6.84. The van der Waals surface area contributed by atoms with Crippen LogP contribution in [-0.2, 0) is 19.5 Å². The van der Waals surface area contributed by atoms with Gasteiger partial charge >= 0.3 is 6.18 Å². The summed E-state index contributed by atoms with van der Waals surface area (Å²) in [5.41, 5.74) is 9.77. The van der Waals surface area contributed by atoms with Crippen LogP contribution >= 0.6 is 11.3 Å². The molecule has 136 valence electrons. The number of thiazole rings is 1. The average molecular weight is 380 g/mol. The predicted octanol–water partition coefficient (Wildman–Crippen LogP) is 4.12. The maximum absolute atomic E-state index is 12.7. The molecule has 10 heteroatoms. The fraction of sp³-hybridized carbons (Fsp3) is 0.312. The van der Waals surface area contributed by atoms with Gasteiger partial charge in [0.2, 0.25) is 0 Å². The van der Waals surface area contributed by atoms with Gasteiger partial charge in [-0.2, -0.15) is 18.3 Å². The molecule has 1 aromatic carbocycles. The van der Waals surface area contributed by atoms with Crippen LogP contribution in [0.3, 0.4) is 0 Å². The Kier molecular flexibility index (Phi) is 4.16. The minimum atomic E-state index is -4.39. The van der Waals surface area contributed by atoms with Crippen molar-refractivity contribution in [1.29, 1.82) is 0 Å². The van der Waals surface area contributed by atoms with Gasteiger partial charge in [0.1, 0.15) is 18.6 Å². The molecule has 1 N–H and O–H groups in total. The van der Waals surface area contributed by atoms with Crippen LogP contribution in [0.2, 0.25) is 0 Å². The van der Waals surface area contributed by atoms with E-state index in [9.17, 15) is 13.2 Å². The highest BCUT2D eigenvalue weighted by Gasteiger charge is 2.31. The first kappa shape index (κ1) is 17.0. The Morgan fingerprint density at radius 2 is 2.15 bits per heavy atom. The van der Waals surface area contributed by atoms with Crippen molar-refractivity contribution in [2.45, 2.75) is 25.7 Å². The number of fused-ring (bicyclic) bond motifs is 3. The standard InChI is InChI=1S/C16H13F3N5OS/c17-16(18,19)7-24-14(21-8-22-24)15-23-13-10-2-1-9(6-20)5-11(10)25-4-3-12(13)26-15/h1-2,5,8,20H,3-4,6-7H2/q-1. The summed E-state index contributed by atoms with van der Waals surface area (Å²) >= 11 is 1.30. The summed E-state index contributed by atoms with van der Waals surface area (Å²) in [4.78, 5) is 9.44. The Bertz CT molecular complexity index is 950. The van der Waals surface area contributed by atoms with Gasteiger partial charge in [-0.1, -0.05) is 11.6 Å². The maximum atomic E-state index is 12.7. The number of halogens is 3. The van der Waals surface area contributed by atoms with E-state index < -0.39 is 12.7 Å². The zero-order valence-corrected chi connectivity index (χ0v) is 14.2. The highest BCUT2D eigenvalue weighted by atomic mass is 32.1. The van der Waals surface area contributed by atoms with E-state index in [4.69, 9.17) is 10.5 Å². The lowest BCUT2D eigenvalue weighted by Crippen LogP contribution is -2.19. The van der Waals surface area contributed by atoms with Gasteiger partial charge in [0, 0.05) is 16.9 Å². The van der Waals surface area contributed by atoms with Crippen molar-refractivity contribution in [2.75, 3.05) is 6.61 Å². The minimum Gasteiger partial charge on any atom is -0.674 e. The lowest BCUT2D eigenvalue weighted by atomic mass is 10.1. The van der Waals surface area contributed by atoms with E-state index in [2.05, 4.69) is 15.1 Å². The molecule has 0 radical (unpaired) electrons. The fourth-order valence-electron chi connectivity index (χ4n) is 2.79. The van der Waals surface area contributed by atoms with E-state index in [0.29, 0.717) is 29.5 Å². The fourth-order valence-corrected chi connectivity index (χ4v) is 3.85. The summed E-state index contributed by atoms with van der Waals surface area (Å²) in [7, 11) is 0. The average Bonchev–Trinajstić information content (AvgIpc) is 3.16. The first-order chi connectivity index (χ1) is 12.4. The van der Waals surface area contributed by atoms with Crippen LogP contribution in [0.15, 0.2) is 24.5 Å². The quantitative estimate of drug-likeness (QED) is 0.685. The number of aromatic nitrogens is 4. The first-order valence-electron chi connectivity index (χ1n) is 7.80. The van der Waals surface area contributed by atoms with E-state index in [-0.39, 0.29) is 12.4 Å². The molecule has 0 aliphatic carbocycles. The van der Waals surface area contributed by atoms with Crippen molar-refractivity contribution >= 4 is 11.3 Å². The second-order valence-electron chi connectivity index (χ2n) is 5.75. The number of nitrogens with one attached hydrogen (secondary N) is 1. The number of hydrogen-bond acceptors (Lipinski definition) is 5. The van der Waals surface area contributed by atoms with Crippen molar-refractivity contribution < 1.29 is 17.9 Å². The molecule has 0 fully saturated rings. The molecule has 0 spiro atoms. The molecule has 1 aliphatic heterocycles. The van der Waals surface area contributed by atoms with E-state index in [1.165, 1.54) is 11.3 Å². The van der Waals surface area contributed by atoms with Crippen LogP contribution in [0.4, 0.5) is 13.2 Å². The summed E-state index contributed by atoms with van der Waals surface area (Å²) in [6.45, 7) is -0.621. The van der Waals surface area contributed by atoms with Gasteiger partial charge in [-0.25, -0.2) is 14.6 Å². The van der Waals surface area contributed by atoms with Crippen LogP contribution in [0, 0.1) is 0 Å². The molecule has 4 rings (SSSR count). The molecule has 1 aliphatic rings. The molecule has 0 saturated carbocycles. The summed E-state index contributed by atoms with van der Waals surface area (Å²) in [6, 6.07) is 5.48. The number of alkyl halides is 3. The molecule has 3 heterocycles. The molecule has 3 aromatic rings. The monoisotopic (exact) mass is 380 g/mol. The van der Waals surface area contributed by atoms with Crippen LogP contribution in [0.5, 0.6) is 5.75 Å². The first-order valence-corrected chi connectivity index (χ1v) is 8.61. The Hall–Kier alpha value is -2.46. The van der Waals surface area contributed by atoms with Crippen LogP contribution in [0.25, 0.3) is 27.8 Å². The van der Waals surface area contributed by atoms with Gasteiger partial charge < -0.3 is 10.5 Å². The Labute approximate surface area is 150 Å². The van der Waals surface area contributed by atoms with Gasteiger partial charge in [0.05, 0.1) is 12.3 Å². The van der Waals surface area contributed by atoms with E-state index in [0.717, 1.165) is 27.0 Å². The number of rotatable bonds is 3. The van der Waals surface area contributed by atoms with Gasteiger partial charge in [-0.05, 0) is 12.1 Å². The molecular formula is C16H13F3N5OS-. The van der Waals surface area contributed by atoms with Crippen molar-refractivity contribution in [3.05, 3.63) is 40.7 Å². The summed E-state index contributed by atoms with van der Waals surface area (Å²) in [5, 5.41) is 4.07. The van der Waals surface area contributed by atoms with Crippen molar-refractivity contribution in [1.82, 2.24) is 19.7 Å². The molecule has 0 amide bonds. The topological polar surface area (TPSA) is 76.6 Å². The lowest BCUT2D eigenvalue weighted by molar-refractivity contribution is -0.142. The van der Waals surface area contributed by atoms with Crippen molar-refractivity contribution in [2.24, 2.45) is 0 Å². The normalized spacial score (nSPS) is 13.7. The third-order valence-electron chi connectivity index (χ3n) is 3.93. The van der Waals surface area contributed by atoms with E-state index in [1.807, 2.05) is 18.2 Å². The highest BCUT2D eigenvalue weighted by Crippen LogP contribution is 2.40. The molecule has 6 nitrogen and oxygen atoms in total. The third-order valence-corrected chi connectivity index (χ3v) is 5.04. The Morgan fingerprint density at radius 1 is 1.31 bits per heavy atom. The zero-order chi connectivity index (χ0) is 18.3.